The van der Waals surface area contributed by atoms with Crippen LogP contribution in [0.25, 0.3) is 11.0 Å². The van der Waals surface area contributed by atoms with Crippen LogP contribution in [0.2, 0.25) is 0 Å². The molecule has 0 radical (unpaired) electrons. The summed E-state index contributed by atoms with van der Waals surface area (Å²) in [6.45, 7) is 4.68. The van der Waals surface area contributed by atoms with Gasteiger partial charge in [-0.3, -0.25) is 4.79 Å². The highest BCUT2D eigenvalue weighted by molar-refractivity contribution is 8.00. The Balaban J connectivity index is 1.75. The summed E-state index contributed by atoms with van der Waals surface area (Å²) in [7, 11) is 0. The number of para-hydroxylation sites is 2. The summed E-state index contributed by atoms with van der Waals surface area (Å²) < 4.78 is 15.0. The fraction of sp³-hybridized carbons (Fsp3) is 0.222. The molecule has 0 spiro atoms. The molecule has 1 heterocycles. The summed E-state index contributed by atoms with van der Waals surface area (Å²) in [5, 5.41) is 3.29. The summed E-state index contributed by atoms with van der Waals surface area (Å²) in [4.78, 5) is 17.0. The number of benzene rings is 2. The lowest BCUT2D eigenvalue weighted by Crippen LogP contribution is -2.22. The standard InChI is InChI=1S/C18H18FN3OS/c1-3-22-16-7-5-4-6-15(16)21-18(22)24-12(2)17(23)20-14-10-8-13(19)9-11-14/h4-12H,3H2,1-2H3,(H,20,23)/t12-/m0/s1. The van der Waals surface area contributed by atoms with Crippen molar-refractivity contribution in [3.05, 3.63) is 54.3 Å². The van der Waals surface area contributed by atoms with E-state index >= 15 is 0 Å². The average molecular weight is 343 g/mol. The Labute approximate surface area is 144 Å². The summed E-state index contributed by atoms with van der Waals surface area (Å²) in [5.74, 6) is -0.464. The fourth-order valence-corrected chi connectivity index (χ4v) is 3.43. The van der Waals surface area contributed by atoms with Gasteiger partial charge in [0, 0.05) is 12.2 Å². The molecule has 0 bridgehead atoms. The number of aryl methyl sites for hydroxylation is 1. The maximum absolute atomic E-state index is 12.9. The Kier molecular flexibility index (Phi) is 4.85. The minimum Gasteiger partial charge on any atom is -0.325 e. The van der Waals surface area contributed by atoms with Crippen LogP contribution in [-0.2, 0) is 11.3 Å². The van der Waals surface area contributed by atoms with E-state index in [1.54, 1.807) is 12.1 Å². The molecule has 124 valence electrons. The number of rotatable bonds is 5. The number of thioether (sulfide) groups is 1. The zero-order valence-electron chi connectivity index (χ0n) is 13.5. The van der Waals surface area contributed by atoms with E-state index in [2.05, 4.69) is 21.8 Å². The molecule has 1 atom stereocenters. The van der Waals surface area contributed by atoms with E-state index in [0.717, 1.165) is 22.7 Å². The van der Waals surface area contributed by atoms with Gasteiger partial charge in [0.05, 0.1) is 16.3 Å². The van der Waals surface area contributed by atoms with Crippen LogP contribution < -0.4 is 5.32 Å². The molecule has 0 aliphatic carbocycles. The van der Waals surface area contributed by atoms with Crippen molar-refractivity contribution in [2.75, 3.05) is 5.32 Å². The zero-order valence-corrected chi connectivity index (χ0v) is 14.3. The Morgan fingerprint density at radius 3 is 2.67 bits per heavy atom. The molecule has 4 nitrogen and oxygen atoms in total. The number of hydrogen-bond donors (Lipinski definition) is 1. The lowest BCUT2D eigenvalue weighted by atomic mass is 10.3. The van der Waals surface area contributed by atoms with Crippen molar-refractivity contribution in [1.29, 1.82) is 0 Å². The molecule has 0 saturated carbocycles. The van der Waals surface area contributed by atoms with E-state index in [4.69, 9.17) is 0 Å². The number of anilines is 1. The topological polar surface area (TPSA) is 46.9 Å². The third-order valence-electron chi connectivity index (χ3n) is 3.70. The molecule has 0 unspecified atom stereocenters. The van der Waals surface area contributed by atoms with Gasteiger partial charge in [0.15, 0.2) is 5.16 Å². The molecule has 6 heteroatoms. The molecule has 1 N–H and O–H groups in total. The van der Waals surface area contributed by atoms with Crippen LogP contribution in [-0.4, -0.2) is 20.7 Å². The normalized spacial score (nSPS) is 12.3. The van der Waals surface area contributed by atoms with Crippen LogP contribution in [0, 0.1) is 5.82 Å². The number of fused-ring (bicyclic) bond motifs is 1. The SMILES string of the molecule is CCn1c(S[C@@H](C)C(=O)Nc2ccc(F)cc2)nc2ccccc21. The molecule has 24 heavy (non-hydrogen) atoms. The molecule has 3 rings (SSSR count). The van der Waals surface area contributed by atoms with E-state index in [9.17, 15) is 9.18 Å². The molecular formula is C18H18FN3OS. The Morgan fingerprint density at radius 1 is 1.25 bits per heavy atom. The van der Waals surface area contributed by atoms with E-state index in [0.29, 0.717) is 5.69 Å². The highest BCUT2D eigenvalue weighted by Crippen LogP contribution is 2.27. The van der Waals surface area contributed by atoms with Gasteiger partial charge in [-0.2, -0.15) is 0 Å². The quantitative estimate of drug-likeness (QED) is 0.702. The van der Waals surface area contributed by atoms with Crippen molar-refractivity contribution in [2.45, 2.75) is 30.8 Å². The van der Waals surface area contributed by atoms with Gasteiger partial charge < -0.3 is 9.88 Å². The van der Waals surface area contributed by atoms with Crippen molar-refractivity contribution < 1.29 is 9.18 Å². The van der Waals surface area contributed by atoms with Crippen molar-refractivity contribution >= 4 is 34.4 Å². The van der Waals surface area contributed by atoms with Gasteiger partial charge in [-0.05, 0) is 50.2 Å². The van der Waals surface area contributed by atoms with Crippen LogP contribution in [0.4, 0.5) is 10.1 Å². The van der Waals surface area contributed by atoms with Gasteiger partial charge in [0.1, 0.15) is 5.82 Å². The first kappa shape index (κ1) is 16.5. The fourth-order valence-electron chi connectivity index (χ4n) is 2.44. The summed E-state index contributed by atoms with van der Waals surface area (Å²) in [6, 6.07) is 13.7. The molecule has 0 fully saturated rings. The number of imidazole rings is 1. The number of nitrogens with one attached hydrogen (secondary N) is 1. The molecule has 2 aromatic carbocycles. The van der Waals surface area contributed by atoms with Crippen molar-refractivity contribution in [3.8, 4) is 0 Å². The van der Waals surface area contributed by atoms with Crippen LogP contribution in [0.3, 0.4) is 0 Å². The summed E-state index contributed by atoms with van der Waals surface area (Å²) in [5.41, 5.74) is 2.57. The van der Waals surface area contributed by atoms with Gasteiger partial charge in [0.2, 0.25) is 5.91 Å². The molecule has 1 amide bonds. The van der Waals surface area contributed by atoms with Crippen LogP contribution in [0.5, 0.6) is 0 Å². The van der Waals surface area contributed by atoms with E-state index in [1.807, 2.05) is 31.2 Å². The van der Waals surface area contributed by atoms with E-state index < -0.39 is 0 Å². The van der Waals surface area contributed by atoms with Gasteiger partial charge in [-0.1, -0.05) is 23.9 Å². The van der Waals surface area contributed by atoms with Crippen molar-refractivity contribution in [3.63, 3.8) is 0 Å². The average Bonchev–Trinajstić information content (AvgIpc) is 2.93. The monoisotopic (exact) mass is 343 g/mol. The molecule has 3 aromatic rings. The predicted molar refractivity (Wildman–Crippen MR) is 95.8 cm³/mol. The number of aromatic nitrogens is 2. The molecule has 0 aliphatic rings. The first-order chi connectivity index (χ1) is 11.6. The maximum Gasteiger partial charge on any atom is 0.237 e. The second-order valence-corrected chi connectivity index (χ2v) is 6.69. The van der Waals surface area contributed by atoms with Crippen molar-refractivity contribution in [1.82, 2.24) is 9.55 Å². The lowest BCUT2D eigenvalue weighted by Gasteiger charge is -2.12. The minimum absolute atomic E-state index is 0.138. The Morgan fingerprint density at radius 2 is 1.96 bits per heavy atom. The van der Waals surface area contributed by atoms with Gasteiger partial charge in [-0.15, -0.1) is 0 Å². The number of amides is 1. The minimum atomic E-state index is -0.327. The number of halogens is 1. The number of nitrogens with zero attached hydrogens (tertiary/aromatic N) is 2. The predicted octanol–water partition coefficient (Wildman–Crippen LogP) is 4.31. The third kappa shape index (κ3) is 3.43. The second kappa shape index (κ2) is 7.05. The Bertz CT molecular complexity index is 860. The van der Waals surface area contributed by atoms with E-state index in [-0.39, 0.29) is 17.0 Å². The van der Waals surface area contributed by atoms with Gasteiger partial charge >= 0.3 is 0 Å². The summed E-state index contributed by atoms with van der Waals surface area (Å²) >= 11 is 1.42. The summed E-state index contributed by atoms with van der Waals surface area (Å²) in [6.07, 6.45) is 0. The lowest BCUT2D eigenvalue weighted by molar-refractivity contribution is -0.115. The van der Waals surface area contributed by atoms with E-state index in [1.165, 1.54) is 23.9 Å². The van der Waals surface area contributed by atoms with Crippen LogP contribution in [0.15, 0.2) is 53.7 Å². The molecule has 1 aromatic heterocycles. The van der Waals surface area contributed by atoms with Crippen LogP contribution >= 0.6 is 11.8 Å². The number of hydrogen-bond acceptors (Lipinski definition) is 3. The Hall–Kier alpha value is -2.34. The van der Waals surface area contributed by atoms with Crippen LogP contribution in [0.1, 0.15) is 13.8 Å². The molecular weight excluding hydrogens is 325 g/mol. The second-order valence-electron chi connectivity index (χ2n) is 5.38. The highest BCUT2D eigenvalue weighted by atomic mass is 32.2. The first-order valence-corrected chi connectivity index (χ1v) is 8.65. The smallest absolute Gasteiger partial charge is 0.237 e. The largest absolute Gasteiger partial charge is 0.325 e. The first-order valence-electron chi connectivity index (χ1n) is 7.77. The van der Waals surface area contributed by atoms with Gasteiger partial charge in [-0.25, -0.2) is 9.37 Å². The van der Waals surface area contributed by atoms with Crippen molar-refractivity contribution in [2.24, 2.45) is 0 Å². The molecule has 0 saturated heterocycles. The number of carbonyl (C=O) groups is 1. The third-order valence-corrected chi connectivity index (χ3v) is 4.79. The zero-order chi connectivity index (χ0) is 17.1. The maximum atomic E-state index is 12.9. The number of carbonyl (C=O) groups excluding carboxylic acids is 1. The van der Waals surface area contributed by atoms with Gasteiger partial charge in [0.25, 0.3) is 0 Å². The molecule has 0 aliphatic heterocycles. The highest BCUT2D eigenvalue weighted by Gasteiger charge is 2.19.